The fourth-order valence-electron chi connectivity index (χ4n) is 2.29. The van der Waals surface area contributed by atoms with Crippen molar-refractivity contribution in [3.8, 4) is 0 Å². The molecule has 6 heteroatoms. The predicted molar refractivity (Wildman–Crippen MR) is 85.5 cm³/mol. The van der Waals surface area contributed by atoms with E-state index in [2.05, 4.69) is 0 Å². The number of hydrogen-bond acceptors (Lipinski definition) is 2. The molecule has 1 aliphatic rings. The van der Waals surface area contributed by atoms with Gasteiger partial charge in [-0.05, 0) is 30.3 Å². The Morgan fingerprint density at radius 2 is 1.95 bits per heavy atom. The molecule has 108 valence electrons. The maximum atomic E-state index is 14.1. The first-order valence-electron chi connectivity index (χ1n) is 6.21. The molecular formula is C15H10Cl2FNOS. The van der Waals surface area contributed by atoms with Crippen LogP contribution in [-0.2, 0) is 4.79 Å². The fourth-order valence-corrected chi connectivity index (χ4v) is 4.04. The van der Waals surface area contributed by atoms with E-state index in [-0.39, 0.29) is 11.7 Å². The van der Waals surface area contributed by atoms with Crippen LogP contribution in [-0.4, -0.2) is 11.7 Å². The number of carbonyl (C=O) groups excluding carboxylic acids is 1. The van der Waals surface area contributed by atoms with Crippen molar-refractivity contribution in [3.63, 3.8) is 0 Å². The molecular weight excluding hydrogens is 332 g/mol. The van der Waals surface area contributed by atoms with Gasteiger partial charge in [-0.15, -0.1) is 11.8 Å². The highest BCUT2D eigenvalue weighted by Gasteiger charge is 2.36. The standard InChI is InChI=1S/C15H10Cl2FNOS/c16-9-3-1-4-10(7-9)19-13(20)8-21-15(19)14-11(17)5-2-6-12(14)18/h1-7,15H,8H2. The first-order chi connectivity index (χ1) is 10.1. The van der Waals surface area contributed by atoms with Crippen molar-refractivity contribution in [1.82, 2.24) is 0 Å². The van der Waals surface area contributed by atoms with Crippen LogP contribution in [0.25, 0.3) is 0 Å². The Kier molecular flexibility index (Phi) is 4.11. The fraction of sp³-hybridized carbons (Fsp3) is 0.133. The quantitative estimate of drug-likeness (QED) is 0.773. The monoisotopic (exact) mass is 341 g/mol. The number of anilines is 1. The van der Waals surface area contributed by atoms with E-state index in [0.29, 0.717) is 21.3 Å². The number of amides is 1. The number of benzene rings is 2. The highest BCUT2D eigenvalue weighted by atomic mass is 35.5. The van der Waals surface area contributed by atoms with Crippen LogP contribution in [0.2, 0.25) is 10.0 Å². The Morgan fingerprint density at radius 1 is 1.19 bits per heavy atom. The molecule has 1 saturated heterocycles. The Bertz CT molecular complexity index is 690. The lowest BCUT2D eigenvalue weighted by Crippen LogP contribution is -2.28. The van der Waals surface area contributed by atoms with Crippen LogP contribution in [0.15, 0.2) is 42.5 Å². The molecule has 0 spiro atoms. The number of hydrogen-bond donors (Lipinski definition) is 0. The topological polar surface area (TPSA) is 20.3 Å². The first kappa shape index (κ1) is 14.7. The average molecular weight is 342 g/mol. The Morgan fingerprint density at radius 3 is 2.67 bits per heavy atom. The minimum Gasteiger partial charge on any atom is -0.295 e. The maximum absolute atomic E-state index is 14.1. The van der Waals surface area contributed by atoms with E-state index in [1.807, 2.05) is 0 Å². The van der Waals surface area contributed by atoms with Crippen molar-refractivity contribution < 1.29 is 9.18 Å². The highest BCUT2D eigenvalue weighted by Crippen LogP contribution is 2.45. The molecule has 0 N–H and O–H groups in total. The van der Waals surface area contributed by atoms with Gasteiger partial charge in [0, 0.05) is 21.3 Å². The molecule has 0 saturated carbocycles. The van der Waals surface area contributed by atoms with Crippen LogP contribution in [0, 0.1) is 5.82 Å². The van der Waals surface area contributed by atoms with E-state index >= 15 is 0 Å². The van der Waals surface area contributed by atoms with E-state index in [0.717, 1.165) is 0 Å². The Hall–Kier alpha value is -1.23. The summed E-state index contributed by atoms with van der Waals surface area (Å²) in [6.45, 7) is 0. The molecule has 1 unspecified atom stereocenters. The summed E-state index contributed by atoms with van der Waals surface area (Å²) in [5, 5.41) is 0.356. The van der Waals surface area contributed by atoms with Crippen molar-refractivity contribution in [3.05, 3.63) is 63.9 Å². The van der Waals surface area contributed by atoms with Crippen molar-refractivity contribution in [1.29, 1.82) is 0 Å². The molecule has 3 rings (SSSR count). The lowest BCUT2D eigenvalue weighted by Gasteiger charge is -2.25. The molecule has 1 amide bonds. The Balaban J connectivity index is 2.08. The molecule has 2 aromatic rings. The van der Waals surface area contributed by atoms with Gasteiger partial charge in [0.1, 0.15) is 11.2 Å². The van der Waals surface area contributed by atoms with Gasteiger partial charge in [-0.25, -0.2) is 4.39 Å². The third-order valence-corrected chi connectivity index (χ3v) is 4.94. The molecule has 1 fully saturated rings. The van der Waals surface area contributed by atoms with Crippen LogP contribution in [0.5, 0.6) is 0 Å². The summed E-state index contributed by atoms with van der Waals surface area (Å²) in [7, 11) is 0. The zero-order valence-corrected chi connectivity index (χ0v) is 13.1. The summed E-state index contributed by atoms with van der Waals surface area (Å²) in [6, 6.07) is 11.5. The third kappa shape index (κ3) is 2.76. The first-order valence-corrected chi connectivity index (χ1v) is 8.01. The third-order valence-electron chi connectivity index (χ3n) is 3.20. The summed E-state index contributed by atoms with van der Waals surface area (Å²) < 4.78 is 14.1. The second kappa shape index (κ2) is 5.87. The molecule has 1 heterocycles. The molecule has 0 radical (unpaired) electrons. The van der Waals surface area contributed by atoms with E-state index in [1.165, 1.54) is 17.8 Å². The molecule has 1 aliphatic heterocycles. The molecule has 0 bridgehead atoms. The van der Waals surface area contributed by atoms with E-state index in [9.17, 15) is 9.18 Å². The van der Waals surface area contributed by atoms with Gasteiger partial charge in [0.05, 0.1) is 5.75 Å². The number of halogens is 3. The number of thioether (sulfide) groups is 1. The van der Waals surface area contributed by atoms with Crippen LogP contribution < -0.4 is 4.90 Å². The molecule has 0 aliphatic carbocycles. The molecule has 2 nitrogen and oxygen atoms in total. The number of carbonyl (C=O) groups is 1. The molecule has 2 aromatic carbocycles. The number of nitrogens with zero attached hydrogens (tertiary/aromatic N) is 1. The summed E-state index contributed by atoms with van der Waals surface area (Å²) in [6.07, 6.45) is 0. The van der Waals surface area contributed by atoms with Gasteiger partial charge in [-0.3, -0.25) is 9.69 Å². The smallest absolute Gasteiger partial charge is 0.238 e. The van der Waals surface area contributed by atoms with Gasteiger partial charge < -0.3 is 0 Å². The van der Waals surface area contributed by atoms with Crippen molar-refractivity contribution in [2.45, 2.75) is 5.37 Å². The zero-order chi connectivity index (χ0) is 15.0. The van der Waals surface area contributed by atoms with Gasteiger partial charge >= 0.3 is 0 Å². The summed E-state index contributed by atoms with van der Waals surface area (Å²) in [5.74, 6) is -0.227. The summed E-state index contributed by atoms with van der Waals surface area (Å²) in [4.78, 5) is 13.7. The van der Waals surface area contributed by atoms with Gasteiger partial charge in [0.25, 0.3) is 0 Å². The zero-order valence-electron chi connectivity index (χ0n) is 10.7. The summed E-state index contributed by atoms with van der Waals surface area (Å²) in [5.41, 5.74) is 0.969. The maximum Gasteiger partial charge on any atom is 0.238 e. The lowest BCUT2D eigenvalue weighted by molar-refractivity contribution is -0.115. The van der Waals surface area contributed by atoms with Gasteiger partial charge in [0.15, 0.2) is 0 Å². The SMILES string of the molecule is O=C1CSC(c2c(F)cccc2Cl)N1c1cccc(Cl)c1. The summed E-state index contributed by atoms with van der Waals surface area (Å²) >= 11 is 13.5. The van der Waals surface area contributed by atoms with Crippen LogP contribution in [0.3, 0.4) is 0 Å². The minimum atomic E-state index is -0.482. The molecule has 0 aromatic heterocycles. The van der Waals surface area contributed by atoms with Crippen LogP contribution >= 0.6 is 35.0 Å². The van der Waals surface area contributed by atoms with E-state index in [1.54, 1.807) is 41.3 Å². The largest absolute Gasteiger partial charge is 0.295 e. The van der Waals surface area contributed by atoms with Crippen LogP contribution in [0.4, 0.5) is 10.1 Å². The lowest BCUT2D eigenvalue weighted by atomic mass is 10.1. The van der Waals surface area contributed by atoms with Crippen LogP contribution in [0.1, 0.15) is 10.9 Å². The second-order valence-corrected chi connectivity index (χ2v) is 6.45. The highest BCUT2D eigenvalue weighted by molar-refractivity contribution is 8.00. The molecule has 1 atom stereocenters. The minimum absolute atomic E-state index is 0.0911. The molecule has 21 heavy (non-hydrogen) atoms. The van der Waals surface area contributed by atoms with Gasteiger partial charge in [0.2, 0.25) is 5.91 Å². The van der Waals surface area contributed by atoms with Gasteiger partial charge in [-0.1, -0.05) is 35.3 Å². The Labute approximate surface area is 135 Å². The average Bonchev–Trinajstić information content (AvgIpc) is 2.80. The van der Waals surface area contributed by atoms with Crippen molar-refractivity contribution >= 4 is 46.6 Å². The number of rotatable bonds is 2. The predicted octanol–water partition coefficient (Wildman–Crippen LogP) is 4.91. The van der Waals surface area contributed by atoms with E-state index in [4.69, 9.17) is 23.2 Å². The van der Waals surface area contributed by atoms with Crippen molar-refractivity contribution in [2.75, 3.05) is 10.7 Å². The van der Waals surface area contributed by atoms with Crippen molar-refractivity contribution in [2.24, 2.45) is 0 Å². The van der Waals surface area contributed by atoms with Gasteiger partial charge in [-0.2, -0.15) is 0 Å². The second-order valence-electron chi connectivity index (χ2n) is 4.54. The normalized spacial score (nSPS) is 18.3. The van der Waals surface area contributed by atoms with E-state index < -0.39 is 11.2 Å².